The van der Waals surface area contributed by atoms with Crippen LogP contribution in [0.5, 0.6) is 0 Å². The number of carbonyl (C=O) groups is 1. The molecule has 0 spiro atoms. The van der Waals surface area contributed by atoms with E-state index in [1.54, 1.807) is 4.68 Å². The Bertz CT molecular complexity index is 1100. The molecule has 30 heavy (non-hydrogen) atoms. The third kappa shape index (κ3) is 3.81. The van der Waals surface area contributed by atoms with Gasteiger partial charge in [0.25, 0.3) is 0 Å². The molecule has 1 atom stereocenters. The predicted octanol–water partition coefficient (Wildman–Crippen LogP) is -1.10. The number of pyridine rings is 1. The molecule has 6 nitrogen and oxygen atoms in total. The molecule has 0 bridgehead atoms. The number of likely N-dealkylation sites (tertiary alicyclic amines) is 1. The fourth-order valence-corrected chi connectivity index (χ4v) is 5.03. The molecule has 4 rings (SSSR count). The molecular weight excluding hydrogens is 370 g/mol. The molecule has 150 valence electrons. The van der Waals surface area contributed by atoms with E-state index in [0.717, 1.165) is 34.7 Å². The van der Waals surface area contributed by atoms with Crippen molar-refractivity contribution in [1.29, 1.82) is 0 Å². The van der Waals surface area contributed by atoms with Gasteiger partial charge in [0, 0.05) is 30.4 Å². The highest BCUT2D eigenvalue weighted by atomic mass is 16.2. The Morgan fingerprint density at radius 2 is 1.77 bits per heavy atom. The van der Waals surface area contributed by atoms with Gasteiger partial charge in [-0.05, 0) is 53.5 Å². The second-order valence-corrected chi connectivity index (χ2v) is 9.69. The van der Waals surface area contributed by atoms with Crippen LogP contribution in [0.2, 0.25) is 0 Å². The first kappa shape index (κ1) is 20.8. The van der Waals surface area contributed by atoms with Crippen LogP contribution in [0, 0.1) is 0 Å². The molecule has 0 radical (unpaired) electrons. The number of amides is 1. The van der Waals surface area contributed by atoms with Crippen molar-refractivity contribution < 1.29 is 4.79 Å². The summed E-state index contributed by atoms with van der Waals surface area (Å²) in [6.45, 7) is 1.99. The van der Waals surface area contributed by atoms with Crippen LogP contribution in [0.25, 0.3) is 21.9 Å². The van der Waals surface area contributed by atoms with Crippen molar-refractivity contribution in [3.8, 4) is 11.1 Å². The summed E-state index contributed by atoms with van der Waals surface area (Å²) in [5.74, 6) is 0.561. The third-order valence-electron chi connectivity index (χ3n) is 6.43. The standard InChI is InChI=1S/C20H27B4N5O/c1-12(29-19(21,22)5-6-20(29,23)24)18(30)27-17-8-15-7-13(3-4-14(15)9-25-17)16-10-26-28(2)11-16/h3-4,7-12H,5-6,21-24H2,1-2H3,(H,25,27,30). The molecule has 1 aliphatic rings. The number of anilines is 1. The molecular formula is C20H27B4N5O. The quantitative estimate of drug-likeness (QED) is 0.569. The van der Waals surface area contributed by atoms with E-state index in [9.17, 15) is 4.79 Å². The van der Waals surface area contributed by atoms with E-state index in [0.29, 0.717) is 5.82 Å². The number of rotatable bonds is 4. The number of hydrogen-bond acceptors (Lipinski definition) is 4. The van der Waals surface area contributed by atoms with Gasteiger partial charge in [-0.25, -0.2) is 4.98 Å². The molecule has 1 aromatic carbocycles. The van der Waals surface area contributed by atoms with E-state index >= 15 is 0 Å². The third-order valence-corrected chi connectivity index (χ3v) is 6.43. The highest BCUT2D eigenvalue weighted by Crippen LogP contribution is 2.36. The maximum atomic E-state index is 13.1. The van der Waals surface area contributed by atoms with E-state index in [1.807, 2.05) is 44.7 Å². The maximum absolute atomic E-state index is 13.1. The van der Waals surface area contributed by atoms with Crippen LogP contribution in [0.4, 0.5) is 5.82 Å². The van der Waals surface area contributed by atoms with E-state index in [1.165, 1.54) is 0 Å². The Morgan fingerprint density at radius 3 is 2.40 bits per heavy atom. The predicted molar refractivity (Wildman–Crippen MR) is 133 cm³/mol. The number of carbonyl (C=O) groups excluding carboxylic acids is 1. The van der Waals surface area contributed by atoms with Crippen LogP contribution < -0.4 is 5.32 Å². The Labute approximate surface area is 181 Å². The van der Waals surface area contributed by atoms with Gasteiger partial charge in [-0.2, -0.15) is 5.10 Å². The highest BCUT2D eigenvalue weighted by molar-refractivity contribution is 6.45. The zero-order chi connectivity index (χ0) is 21.7. The van der Waals surface area contributed by atoms with Crippen molar-refractivity contribution in [3.63, 3.8) is 0 Å². The Morgan fingerprint density at radius 1 is 1.07 bits per heavy atom. The molecule has 1 saturated heterocycles. The lowest BCUT2D eigenvalue weighted by molar-refractivity contribution is -0.121. The Hall–Kier alpha value is -2.47. The SMILES string of the molecule is BC1(B)CCC(B)(B)N1C(C)C(=O)Nc1cc2cc(-c3cnn(C)c3)ccc2cn1. The minimum atomic E-state index is -0.239. The zero-order valence-electron chi connectivity index (χ0n) is 18.7. The first-order valence-electron chi connectivity index (χ1n) is 10.6. The minimum absolute atomic E-state index is 0.00428. The van der Waals surface area contributed by atoms with E-state index < -0.39 is 0 Å². The van der Waals surface area contributed by atoms with Crippen LogP contribution in [0.3, 0.4) is 0 Å². The molecule has 1 aliphatic heterocycles. The van der Waals surface area contributed by atoms with Gasteiger partial charge in [-0.15, -0.1) is 0 Å². The number of benzene rings is 1. The molecule has 3 aromatic rings. The zero-order valence-corrected chi connectivity index (χ0v) is 18.7. The summed E-state index contributed by atoms with van der Waals surface area (Å²) in [6, 6.07) is 7.93. The van der Waals surface area contributed by atoms with Crippen LogP contribution in [0.1, 0.15) is 19.8 Å². The fourth-order valence-electron chi connectivity index (χ4n) is 5.03. The molecule has 2 aromatic heterocycles. The Kier molecular flexibility index (Phi) is 5.09. The van der Waals surface area contributed by atoms with Crippen LogP contribution in [0.15, 0.2) is 42.9 Å². The van der Waals surface area contributed by atoms with Crippen LogP contribution in [-0.4, -0.2) is 73.7 Å². The van der Waals surface area contributed by atoms with E-state index in [4.69, 9.17) is 0 Å². The number of nitrogens with zero attached hydrogens (tertiary/aromatic N) is 4. The number of aromatic nitrogens is 3. The largest absolute Gasteiger partial charge is 0.312 e. The van der Waals surface area contributed by atoms with Crippen molar-refractivity contribution in [1.82, 2.24) is 19.7 Å². The lowest BCUT2D eigenvalue weighted by Gasteiger charge is -2.45. The first-order valence-corrected chi connectivity index (χ1v) is 10.6. The second-order valence-electron chi connectivity index (χ2n) is 9.69. The monoisotopic (exact) mass is 397 g/mol. The topological polar surface area (TPSA) is 63.1 Å². The molecule has 1 unspecified atom stereocenters. The molecule has 0 saturated carbocycles. The molecule has 1 N–H and O–H groups in total. The van der Waals surface area contributed by atoms with Gasteiger partial charge < -0.3 is 10.2 Å². The summed E-state index contributed by atoms with van der Waals surface area (Å²) in [6.07, 6.45) is 7.83. The van der Waals surface area contributed by atoms with Gasteiger partial charge in [0.2, 0.25) is 5.91 Å². The van der Waals surface area contributed by atoms with E-state index in [-0.39, 0.29) is 22.6 Å². The highest BCUT2D eigenvalue weighted by Gasteiger charge is 2.47. The van der Waals surface area contributed by atoms with Gasteiger partial charge in [-0.3, -0.25) is 9.48 Å². The molecule has 10 heteroatoms. The number of aryl methyl sites for hydroxylation is 1. The van der Waals surface area contributed by atoms with Gasteiger partial charge >= 0.3 is 0 Å². The van der Waals surface area contributed by atoms with Gasteiger partial charge in [0.15, 0.2) is 0 Å². The fraction of sp³-hybridized carbons (Fsp3) is 0.350. The van der Waals surface area contributed by atoms with Crippen molar-refractivity contribution >= 4 is 53.9 Å². The summed E-state index contributed by atoms with van der Waals surface area (Å²) in [7, 11) is 10.8. The van der Waals surface area contributed by atoms with Crippen LogP contribution in [-0.2, 0) is 11.8 Å². The molecule has 1 amide bonds. The lowest BCUT2D eigenvalue weighted by Crippen LogP contribution is -2.62. The normalized spacial score (nSPS) is 19.0. The number of fused-ring (bicyclic) bond motifs is 1. The average Bonchev–Trinajstić information content (AvgIpc) is 3.20. The van der Waals surface area contributed by atoms with Gasteiger partial charge in [0.05, 0.1) is 12.2 Å². The Balaban J connectivity index is 1.58. The molecule has 0 aliphatic carbocycles. The number of hydrogen-bond donors (Lipinski definition) is 1. The maximum Gasteiger partial charge on any atom is 0.242 e. The first-order chi connectivity index (χ1) is 14.1. The summed E-state index contributed by atoms with van der Waals surface area (Å²) >= 11 is 0. The average molecular weight is 397 g/mol. The second kappa shape index (κ2) is 7.34. The molecule has 3 heterocycles. The summed E-state index contributed by atoms with van der Waals surface area (Å²) in [4.78, 5) is 19.9. The van der Waals surface area contributed by atoms with Crippen molar-refractivity contribution in [2.45, 2.75) is 36.5 Å². The summed E-state index contributed by atoms with van der Waals surface area (Å²) < 4.78 is 1.79. The minimum Gasteiger partial charge on any atom is -0.312 e. The van der Waals surface area contributed by atoms with Crippen LogP contribution >= 0.6 is 0 Å². The van der Waals surface area contributed by atoms with Crippen molar-refractivity contribution in [2.24, 2.45) is 7.05 Å². The van der Waals surface area contributed by atoms with Gasteiger partial charge in [0.1, 0.15) is 37.2 Å². The number of nitrogens with one attached hydrogen (secondary N) is 1. The molecule has 1 fully saturated rings. The van der Waals surface area contributed by atoms with Crippen molar-refractivity contribution in [3.05, 3.63) is 42.9 Å². The smallest absolute Gasteiger partial charge is 0.242 e. The van der Waals surface area contributed by atoms with Gasteiger partial charge in [-0.1, -0.05) is 12.1 Å². The summed E-state index contributed by atoms with van der Waals surface area (Å²) in [5, 5.41) is 9.36. The summed E-state index contributed by atoms with van der Waals surface area (Å²) in [5.41, 5.74) is 2.15. The van der Waals surface area contributed by atoms with E-state index in [2.05, 4.69) is 63.8 Å². The lowest BCUT2D eigenvalue weighted by atomic mass is 9.58. The van der Waals surface area contributed by atoms with Crippen molar-refractivity contribution in [2.75, 3.05) is 5.32 Å².